The van der Waals surface area contributed by atoms with Crippen LogP contribution in [0.25, 0.3) is 21.6 Å². The Morgan fingerprint density at radius 3 is 2.63 bits per heavy atom. The van der Waals surface area contributed by atoms with Crippen molar-refractivity contribution in [2.45, 2.75) is 120 Å². The number of carbonyl (C=O) groups excluding carboxylic acids is 3. The predicted molar refractivity (Wildman–Crippen MR) is 207 cm³/mol. The fourth-order valence-corrected chi connectivity index (χ4v) is 9.75. The Morgan fingerprint density at radius 1 is 1.15 bits per heavy atom. The number of sulfonamides is 1. The van der Waals surface area contributed by atoms with Gasteiger partial charge in [0, 0.05) is 34.7 Å². The number of allylic oxidation sites excluding steroid dienone is 1. The maximum atomic E-state index is 14.3. The van der Waals surface area contributed by atoms with Crippen LogP contribution in [0.3, 0.4) is 0 Å². The molecule has 0 unspecified atom stereocenters. The molecule has 4 N–H and O–H groups in total. The third-order valence-corrected chi connectivity index (χ3v) is 14.6. The monoisotopic (exact) mass is 778 g/mol. The van der Waals surface area contributed by atoms with Crippen molar-refractivity contribution in [1.82, 2.24) is 24.9 Å². The van der Waals surface area contributed by atoms with Crippen molar-refractivity contribution in [2.75, 3.05) is 13.7 Å². The van der Waals surface area contributed by atoms with Crippen molar-refractivity contribution >= 4 is 50.0 Å². The Hall–Kier alpha value is -4.08. The number of nitrogens with one attached hydrogen (secondary N) is 2. The summed E-state index contributed by atoms with van der Waals surface area (Å²) in [4.78, 5) is 53.5. The number of fused-ring (bicyclic) bond motifs is 3. The largest absolute Gasteiger partial charge is 0.496 e. The first-order chi connectivity index (χ1) is 25.7. The molecule has 4 aliphatic rings. The van der Waals surface area contributed by atoms with Crippen LogP contribution in [-0.2, 0) is 24.4 Å². The summed E-state index contributed by atoms with van der Waals surface area (Å²) in [7, 11) is -2.34. The van der Waals surface area contributed by atoms with Crippen LogP contribution in [0.1, 0.15) is 95.7 Å². The Kier molecular flexibility index (Phi) is 10.3. The van der Waals surface area contributed by atoms with Crippen LogP contribution < -0.4 is 25.2 Å². The summed E-state index contributed by atoms with van der Waals surface area (Å²) in [6.45, 7) is 7.80. The minimum Gasteiger partial charge on any atom is -0.496 e. The van der Waals surface area contributed by atoms with E-state index in [2.05, 4.69) is 23.9 Å². The molecule has 3 aromatic rings. The SMILES string of the molecule is COc1ccc2c(O[C@@H]3C[C@H]4C(=O)N[C@]5(C(=O)NS(=O)(=O)C6(C)CC6)C[C@H]5C=CCCCCC[C@H](N)C(=O)N4C3)cc(-c3nc(C(C)C)cs3)nc2c1C. The molecule has 0 spiro atoms. The first-order valence-corrected chi connectivity index (χ1v) is 21.2. The zero-order valence-electron chi connectivity index (χ0n) is 31.5. The molecule has 5 atom stereocenters. The van der Waals surface area contributed by atoms with E-state index in [0.717, 1.165) is 47.3 Å². The normalized spacial score (nSPS) is 27.1. The van der Waals surface area contributed by atoms with Gasteiger partial charge in [0.2, 0.25) is 21.8 Å². The van der Waals surface area contributed by atoms with E-state index in [9.17, 15) is 22.8 Å². The van der Waals surface area contributed by atoms with Gasteiger partial charge in [-0.1, -0.05) is 38.8 Å². The van der Waals surface area contributed by atoms with Gasteiger partial charge in [0.1, 0.15) is 39.9 Å². The van der Waals surface area contributed by atoms with E-state index in [1.54, 1.807) is 14.0 Å². The zero-order chi connectivity index (χ0) is 38.6. The first-order valence-electron chi connectivity index (χ1n) is 18.9. The van der Waals surface area contributed by atoms with Gasteiger partial charge in [-0.25, -0.2) is 18.4 Å². The zero-order valence-corrected chi connectivity index (χ0v) is 33.1. The van der Waals surface area contributed by atoms with Crippen LogP contribution >= 0.6 is 11.3 Å². The van der Waals surface area contributed by atoms with E-state index >= 15 is 0 Å². The lowest BCUT2D eigenvalue weighted by Gasteiger charge is -2.28. The van der Waals surface area contributed by atoms with Crippen LogP contribution in [0, 0.1) is 12.8 Å². The van der Waals surface area contributed by atoms with Crippen molar-refractivity contribution in [3.63, 3.8) is 0 Å². The van der Waals surface area contributed by atoms with Gasteiger partial charge in [-0.15, -0.1) is 11.3 Å². The highest BCUT2D eigenvalue weighted by molar-refractivity contribution is 7.91. The highest BCUT2D eigenvalue weighted by Crippen LogP contribution is 2.48. The Balaban J connectivity index is 1.21. The van der Waals surface area contributed by atoms with Crippen LogP contribution in [0.15, 0.2) is 35.7 Å². The van der Waals surface area contributed by atoms with Gasteiger partial charge in [-0.3, -0.25) is 19.1 Å². The molecule has 3 fully saturated rings. The Labute approximate surface area is 320 Å². The molecular weight excluding hydrogens is 729 g/mol. The maximum Gasteiger partial charge on any atom is 0.259 e. The van der Waals surface area contributed by atoms with Crippen molar-refractivity contribution < 1.29 is 32.3 Å². The summed E-state index contributed by atoms with van der Waals surface area (Å²) in [5.41, 5.74) is 8.12. The molecule has 4 heterocycles. The minimum atomic E-state index is -3.95. The number of hydrogen-bond donors (Lipinski definition) is 3. The number of rotatable bonds is 8. The Morgan fingerprint density at radius 2 is 1.93 bits per heavy atom. The topological polar surface area (TPSA) is 183 Å². The highest BCUT2D eigenvalue weighted by Gasteiger charge is 2.63. The summed E-state index contributed by atoms with van der Waals surface area (Å²) in [6, 6.07) is 3.76. The smallest absolute Gasteiger partial charge is 0.259 e. The molecule has 290 valence electrons. The van der Waals surface area contributed by atoms with Gasteiger partial charge in [0.15, 0.2) is 0 Å². The van der Waals surface area contributed by atoms with Crippen molar-refractivity contribution in [3.8, 4) is 22.2 Å². The number of benzene rings is 1. The molecule has 3 amide bonds. The van der Waals surface area contributed by atoms with Crippen LogP contribution in [0.5, 0.6) is 11.5 Å². The summed E-state index contributed by atoms with van der Waals surface area (Å²) >= 11 is 1.50. The molecule has 15 heteroatoms. The number of amides is 3. The minimum absolute atomic E-state index is 0.0862. The van der Waals surface area contributed by atoms with Gasteiger partial charge < -0.3 is 25.4 Å². The highest BCUT2D eigenvalue weighted by atomic mass is 32.2. The summed E-state index contributed by atoms with van der Waals surface area (Å²) in [5.74, 6) is -0.630. The lowest BCUT2D eigenvalue weighted by atomic mass is 10.1. The number of methoxy groups -OCH3 is 1. The second kappa shape index (κ2) is 14.5. The molecule has 2 aromatic heterocycles. The summed E-state index contributed by atoms with van der Waals surface area (Å²) in [6.07, 6.45) is 8.28. The van der Waals surface area contributed by atoms with Gasteiger partial charge in [-0.2, -0.15) is 0 Å². The van der Waals surface area contributed by atoms with E-state index in [1.165, 1.54) is 16.2 Å². The predicted octanol–water partition coefficient (Wildman–Crippen LogP) is 4.87. The van der Waals surface area contributed by atoms with Gasteiger partial charge in [0.25, 0.3) is 5.91 Å². The number of hydrogen-bond acceptors (Lipinski definition) is 11. The summed E-state index contributed by atoms with van der Waals surface area (Å²) < 4.78 is 39.9. The second-order valence-corrected chi connectivity index (χ2v) is 18.9. The average molecular weight is 779 g/mol. The molecular formula is C39H50N6O7S2. The summed E-state index contributed by atoms with van der Waals surface area (Å²) in [5, 5.41) is 6.43. The Bertz CT molecular complexity index is 2110. The third-order valence-electron chi connectivity index (χ3n) is 11.5. The quantitative estimate of drug-likeness (QED) is 0.267. The van der Waals surface area contributed by atoms with Crippen molar-refractivity contribution in [3.05, 3.63) is 47.0 Å². The number of nitrogens with zero attached hydrogens (tertiary/aromatic N) is 3. The molecule has 0 bridgehead atoms. The van der Waals surface area contributed by atoms with Crippen molar-refractivity contribution in [1.29, 1.82) is 0 Å². The van der Waals surface area contributed by atoms with Gasteiger partial charge in [-0.05, 0) is 70.4 Å². The van der Waals surface area contributed by atoms with E-state index in [0.29, 0.717) is 42.0 Å². The molecule has 1 aromatic carbocycles. The molecule has 7 rings (SSSR count). The average Bonchev–Trinajstić information content (AvgIpc) is 3.90. The number of thiazole rings is 1. The number of aromatic nitrogens is 2. The number of pyridine rings is 1. The van der Waals surface area contributed by atoms with Gasteiger partial charge >= 0.3 is 0 Å². The van der Waals surface area contributed by atoms with Crippen LogP contribution in [0.2, 0.25) is 0 Å². The van der Waals surface area contributed by atoms with E-state index in [-0.39, 0.29) is 31.2 Å². The molecule has 54 heavy (non-hydrogen) atoms. The fourth-order valence-electron chi connectivity index (χ4n) is 7.50. The van der Waals surface area contributed by atoms with E-state index in [1.807, 2.05) is 42.7 Å². The number of ether oxygens (including phenoxy) is 2. The third kappa shape index (κ3) is 7.22. The number of nitrogens with two attached hydrogens (primary N) is 1. The molecule has 0 radical (unpaired) electrons. The second-order valence-electron chi connectivity index (χ2n) is 15.8. The molecule has 13 nitrogen and oxygen atoms in total. The van der Waals surface area contributed by atoms with Gasteiger partial charge in [0.05, 0.1) is 35.7 Å². The lowest BCUT2D eigenvalue weighted by Crippen LogP contribution is -2.58. The number of carbonyl (C=O) groups is 3. The van der Waals surface area contributed by atoms with E-state index in [4.69, 9.17) is 25.2 Å². The molecule has 1 saturated heterocycles. The molecule has 2 aliphatic carbocycles. The lowest BCUT2D eigenvalue weighted by molar-refractivity contribution is -0.140. The first kappa shape index (κ1) is 38.2. The maximum absolute atomic E-state index is 14.3. The van der Waals surface area contributed by atoms with E-state index < -0.39 is 56.2 Å². The standard InChI is InChI=1S/C39H50N6O7S2/c1-22(2)29-21-53-35(42-29)28-18-32(26-13-14-31(51-5)23(3)33(26)41-28)52-25-17-30-34(46)43-39(37(48)44-54(49,50)38(4)15-16-38)19-24(39)11-9-7-6-8-10-12-27(40)36(47)45(30)20-25/h9,11,13-14,18,21-22,24-25,27,30H,6-8,10,12,15-17,19-20,40H2,1-5H3,(H,43,46)(H,44,48)/t24-,25-,27+,30+,39-/m1/s1. The molecule has 2 saturated carbocycles. The fraction of sp³-hybridized carbons (Fsp3) is 0.564. The van der Waals surface area contributed by atoms with Crippen LogP contribution in [-0.4, -0.2) is 83.1 Å². The van der Waals surface area contributed by atoms with Crippen molar-refractivity contribution in [2.24, 2.45) is 11.7 Å². The number of aryl methyl sites for hydroxylation is 1. The van der Waals surface area contributed by atoms with Crippen LogP contribution in [0.4, 0.5) is 0 Å². The molecule has 2 aliphatic heterocycles.